The number of fused-ring (bicyclic) bond motifs is 1. The summed E-state index contributed by atoms with van der Waals surface area (Å²) in [6.45, 7) is 3.42. The smallest absolute Gasteiger partial charge is 0.339 e. The lowest BCUT2D eigenvalue weighted by Crippen LogP contribution is -2.22. The number of aromatic nitrogens is 1. The highest BCUT2D eigenvalue weighted by Crippen LogP contribution is 2.16. The highest BCUT2D eigenvalue weighted by molar-refractivity contribution is 6.04. The Bertz CT molecular complexity index is 1030. The van der Waals surface area contributed by atoms with Gasteiger partial charge in [-0.25, -0.2) is 4.79 Å². The molecule has 2 aromatic carbocycles. The second-order valence-electron chi connectivity index (χ2n) is 6.09. The molecule has 3 aromatic rings. The van der Waals surface area contributed by atoms with E-state index in [-0.39, 0.29) is 5.56 Å². The van der Waals surface area contributed by atoms with Crippen LogP contribution in [0, 0.1) is 13.8 Å². The minimum absolute atomic E-state index is 0.128. The standard InChI is InChI=1S/C20H18N2O4/c1-12-7-13(2)9-14(8-12)21-19(24)11-26-20(25)16-10-18(23)22-17-6-4-3-5-15(16)17/h3-10H,11H2,1-2H3,(H,21,24)(H,22,23). The summed E-state index contributed by atoms with van der Waals surface area (Å²) in [7, 11) is 0. The molecule has 26 heavy (non-hydrogen) atoms. The van der Waals surface area contributed by atoms with Crippen LogP contribution >= 0.6 is 0 Å². The lowest BCUT2D eigenvalue weighted by molar-refractivity contribution is -0.119. The van der Waals surface area contributed by atoms with Crippen LogP contribution in [-0.2, 0) is 9.53 Å². The van der Waals surface area contributed by atoms with Crippen molar-refractivity contribution in [1.29, 1.82) is 0 Å². The number of pyridine rings is 1. The highest BCUT2D eigenvalue weighted by atomic mass is 16.5. The van der Waals surface area contributed by atoms with Crippen LogP contribution in [-0.4, -0.2) is 23.5 Å². The van der Waals surface area contributed by atoms with E-state index < -0.39 is 24.0 Å². The van der Waals surface area contributed by atoms with Crippen molar-refractivity contribution in [2.45, 2.75) is 13.8 Å². The van der Waals surface area contributed by atoms with Gasteiger partial charge in [-0.2, -0.15) is 0 Å². The van der Waals surface area contributed by atoms with Crippen molar-refractivity contribution in [3.8, 4) is 0 Å². The van der Waals surface area contributed by atoms with E-state index in [9.17, 15) is 14.4 Å². The Kier molecular flexibility index (Phi) is 4.84. The first-order chi connectivity index (χ1) is 12.4. The molecule has 1 amide bonds. The van der Waals surface area contributed by atoms with E-state index in [0.29, 0.717) is 16.6 Å². The van der Waals surface area contributed by atoms with Crippen molar-refractivity contribution in [3.05, 3.63) is 75.6 Å². The molecule has 0 radical (unpaired) electrons. The minimum atomic E-state index is -0.720. The molecule has 1 heterocycles. The van der Waals surface area contributed by atoms with Crippen LogP contribution in [0.5, 0.6) is 0 Å². The quantitative estimate of drug-likeness (QED) is 0.708. The molecule has 0 aliphatic heterocycles. The number of H-pyrrole nitrogens is 1. The molecule has 132 valence electrons. The fraction of sp³-hybridized carbons (Fsp3) is 0.150. The van der Waals surface area contributed by atoms with Gasteiger partial charge >= 0.3 is 5.97 Å². The monoisotopic (exact) mass is 350 g/mol. The van der Waals surface area contributed by atoms with Crippen LogP contribution in [0.15, 0.2) is 53.3 Å². The summed E-state index contributed by atoms with van der Waals surface area (Å²) in [6, 6.07) is 13.7. The summed E-state index contributed by atoms with van der Waals surface area (Å²) in [5.74, 6) is -1.17. The third-order valence-electron chi connectivity index (χ3n) is 3.81. The molecule has 1 aromatic heterocycles. The third-order valence-corrected chi connectivity index (χ3v) is 3.81. The largest absolute Gasteiger partial charge is 0.452 e. The average Bonchev–Trinajstić information content (AvgIpc) is 2.58. The van der Waals surface area contributed by atoms with Gasteiger partial charge in [-0.15, -0.1) is 0 Å². The molecule has 3 rings (SSSR count). The first kappa shape index (κ1) is 17.4. The van der Waals surface area contributed by atoms with E-state index in [1.165, 1.54) is 6.07 Å². The van der Waals surface area contributed by atoms with Crippen LogP contribution in [0.3, 0.4) is 0 Å². The number of aryl methyl sites for hydroxylation is 2. The summed E-state index contributed by atoms with van der Waals surface area (Å²) in [5.41, 5.74) is 2.94. The summed E-state index contributed by atoms with van der Waals surface area (Å²) in [5, 5.41) is 3.26. The van der Waals surface area contributed by atoms with E-state index in [1.54, 1.807) is 24.3 Å². The van der Waals surface area contributed by atoms with Gasteiger partial charge in [-0.05, 0) is 43.2 Å². The number of para-hydroxylation sites is 1. The van der Waals surface area contributed by atoms with Crippen molar-refractivity contribution in [1.82, 2.24) is 4.98 Å². The number of hydrogen-bond donors (Lipinski definition) is 2. The number of carbonyl (C=O) groups is 2. The molecular weight excluding hydrogens is 332 g/mol. The van der Waals surface area contributed by atoms with Gasteiger partial charge < -0.3 is 15.0 Å². The first-order valence-corrected chi connectivity index (χ1v) is 8.10. The van der Waals surface area contributed by atoms with Crippen molar-refractivity contribution in [3.63, 3.8) is 0 Å². The topological polar surface area (TPSA) is 88.3 Å². The highest BCUT2D eigenvalue weighted by Gasteiger charge is 2.15. The maximum absolute atomic E-state index is 12.3. The summed E-state index contributed by atoms with van der Waals surface area (Å²) < 4.78 is 5.08. The fourth-order valence-electron chi connectivity index (χ4n) is 2.83. The van der Waals surface area contributed by atoms with Crippen LogP contribution in [0.2, 0.25) is 0 Å². The number of ether oxygens (including phenoxy) is 1. The van der Waals surface area contributed by atoms with Gasteiger partial charge in [-0.3, -0.25) is 9.59 Å². The van der Waals surface area contributed by atoms with Crippen LogP contribution in [0.4, 0.5) is 5.69 Å². The second-order valence-corrected chi connectivity index (χ2v) is 6.09. The van der Waals surface area contributed by atoms with Crippen LogP contribution < -0.4 is 10.9 Å². The fourth-order valence-corrected chi connectivity index (χ4v) is 2.83. The predicted molar refractivity (Wildman–Crippen MR) is 99.4 cm³/mol. The Labute approximate surface area is 149 Å². The minimum Gasteiger partial charge on any atom is -0.452 e. The number of anilines is 1. The first-order valence-electron chi connectivity index (χ1n) is 8.10. The molecule has 0 unspecified atom stereocenters. The zero-order valence-electron chi connectivity index (χ0n) is 14.5. The Hall–Kier alpha value is -3.41. The maximum atomic E-state index is 12.3. The van der Waals surface area contributed by atoms with Crippen molar-refractivity contribution in [2.24, 2.45) is 0 Å². The molecule has 0 aliphatic carbocycles. The van der Waals surface area contributed by atoms with E-state index in [1.807, 2.05) is 32.0 Å². The number of hydrogen-bond acceptors (Lipinski definition) is 4. The van der Waals surface area contributed by atoms with Crippen LogP contribution in [0.1, 0.15) is 21.5 Å². The molecule has 0 spiro atoms. The van der Waals surface area contributed by atoms with Crippen LogP contribution in [0.25, 0.3) is 10.9 Å². The third kappa shape index (κ3) is 3.97. The lowest BCUT2D eigenvalue weighted by atomic mass is 10.1. The van der Waals surface area contributed by atoms with Gasteiger partial charge in [0.05, 0.1) is 5.56 Å². The Morgan fingerprint density at radius 1 is 1.04 bits per heavy atom. The number of carbonyl (C=O) groups excluding carboxylic acids is 2. The number of nitrogens with one attached hydrogen (secondary N) is 2. The van der Waals surface area contributed by atoms with Gasteiger partial charge in [0.1, 0.15) is 0 Å². The molecular formula is C20H18N2O4. The van der Waals surface area contributed by atoms with E-state index in [2.05, 4.69) is 10.3 Å². The van der Waals surface area contributed by atoms with Gasteiger partial charge in [0, 0.05) is 22.7 Å². The number of rotatable bonds is 4. The predicted octanol–water partition coefficient (Wildman–Crippen LogP) is 2.94. The summed E-state index contributed by atoms with van der Waals surface area (Å²) in [6.07, 6.45) is 0. The number of aromatic amines is 1. The maximum Gasteiger partial charge on any atom is 0.339 e. The van der Waals surface area contributed by atoms with E-state index in [0.717, 1.165) is 11.1 Å². The Morgan fingerprint density at radius 2 is 1.73 bits per heavy atom. The number of amides is 1. The summed E-state index contributed by atoms with van der Waals surface area (Å²) >= 11 is 0. The summed E-state index contributed by atoms with van der Waals surface area (Å²) in [4.78, 5) is 38.7. The zero-order chi connectivity index (χ0) is 18.7. The molecule has 6 heteroatoms. The van der Waals surface area contributed by atoms with Crippen molar-refractivity contribution >= 4 is 28.5 Å². The van der Waals surface area contributed by atoms with Crippen molar-refractivity contribution < 1.29 is 14.3 Å². The van der Waals surface area contributed by atoms with Gasteiger partial charge in [0.15, 0.2) is 6.61 Å². The van der Waals surface area contributed by atoms with Gasteiger partial charge in [-0.1, -0.05) is 24.3 Å². The molecule has 0 saturated carbocycles. The Balaban J connectivity index is 1.71. The second kappa shape index (κ2) is 7.23. The molecule has 2 N–H and O–H groups in total. The number of benzene rings is 2. The molecule has 6 nitrogen and oxygen atoms in total. The Morgan fingerprint density at radius 3 is 2.46 bits per heavy atom. The van der Waals surface area contributed by atoms with Gasteiger partial charge in [0.25, 0.3) is 5.91 Å². The SMILES string of the molecule is Cc1cc(C)cc(NC(=O)COC(=O)c2cc(=O)[nH]c3ccccc23)c1. The molecule has 0 atom stereocenters. The zero-order valence-corrected chi connectivity index (χ0v) is 14.5. The lowest BCUT2D eigenvalue weighted by Gasteiger charge is -2.09. The normalized spacial score (nSPS) is 10.5. The number of esters is 1. The molecule has 0 saturated heterocycles. The molecule has 0 fully saturated rings. The molecule has 0 aliphatic rings. The van der Waals surface area contributed by atoms with Crippen molar-refractivity contribution in [2.75, 3.05) is 11.9 Å². The molecule has 0 bridgehead atoms. The van der Waals surface area contributed by atoms with E-state index in [4.69, 9.17) is 4.74 Å². The van der Waals surface area contributed by atoms with E-state index >= 15 is 0 Å². The van der Waals surface area contributed by atoms with Gasteiger partial charge in [0.2, 0.25) is 5.56 Å². The average molecular weight is 350 g/mol.